The average Bonchev–Trinajstić information content (AvgIpc) is 2.29. The van der Waals surface area contributed by atoms with E-state index in [2.05, 4.69) is 12.2 Å². The van der Waals surface area contributed by atoms with Gasteiger partial charge >= 0.3 is 0 Å². The molecule has 0 bridgehead atoms. The van der Waals surface area contributed by atoms with Crippen LogP contribution in [0.3, 0.4) is 0 Å². The van der Waals surface area contributed by atoms with Gasteiger partial charge in [-0.2, -0.15) is 0 Å². The van der Waals surface area contributed by atoms with E-state index >= 15 is 0 Å². The van der Waals surface area contributed by atoms with Gasteiger partial charge in [-0.05, 0) is 32.6 Å². The monoisotopic (exact) mass is 254 g/mol. The highest BCUT2D eigenvalue weighted by molar-refractivity contribution is 5.78. The molecule has 2 rings (SSSR count). The molecule has 1 aliphatic heterocycles. The first-order valence-corrected chi connectivity index (χ1v) is 7.19. The summed E-state index contributed by atoms with van der Waals surface area (Å²) < 4.78 is 5.46. The molecule has 2 fully saturated rings. The molecular formula is C14H26N2O2. The SMILES string of the molecule is CC1(NC(=O)CC2(N)CCCCC2)CCCOC1. The molecule has 1 unspecified atom stereocenters. The van der Waals surface area contributed by atoms with Gasteiger partial charge in [0.05, 0.1) is 12.1 Å². The smallest absolute Gasteiger partial charge is 0.222 e. The van der Waals surface area contributed by atoms with Crippen LogP contribution >= 0.6 is 0 Å². The lowest BCUT2D eigenvalue weighted by molar-refractivity contribution is -0.126. The third-order valence-electron chi connectivity index (χ3n) is 4.24. The standard InChI is InChI=1S/C14H26N2O2/c1-13(6-5-9-18-11-13)16-12(17)10-14(15)7-3-2-4-8-14/h2-11,15H2,1H3,(H,16,17). The molecule has 1 saturated carbocycles. The Labute approximate surface area is 110 Å². The van der Waals surface area contributed by atoms with Gasteiger partial charge in [-0.1, -0.05) is 19.3 Å². The van der Waals surface area contributed by atoms with Crippen molar-refractivity contribution in [3.8, 4) is 0 Å². The van der Waals surface area contributed by atoms with E-state index in [4.69, 9.17) is 10.5 Å². The number of ether oxygens (including phenoxy) is 1. The average molecular weight is 254 g/mol. The van der Waals surface area contributed by atoms with E-state index in [-0.39, 0.29) is 17.0 Å². The Hall–Kier alpha value is -0.610. The minimum Gasteiger partial charge on any atom is -0.379 e. The summed E-state index contributed by atoms with van der Waals surface area (Å²) in [6, 6.07) is 0. The Morgan fingerprint density at radius 1 is 1.22 bits per heavy atom. The number of nitrogens with one attached hydrogen (secondary N) is 1. The number of carbonyl (C=O) groups excluding carboxylic acids is 1. The molecule has 1 amide bonds. The summed E-state index contributed by atoms with van der Waals surface area (Å²) >= 11 is 0. The van der Waals surface area contributed by atoms with E-state index in [1.54, 1.807) is 0 Å². The predicted octanol–water partition coefficient (Wildman–Crippen LogP) is 1.72. The zero-order valence-electron chi connectivity index (χ0n) is 11.5. The van der Waals surface area contributed by atoms with Crippen LogP contribution in [0.5, 0.6) is 0 Å². The Kier molecular flexibility index (Phi) is 4.28. The van der Waals surface area contributed by atoms with E-state index in [0.717, 1.165) is 45.1 Å². The highest BCUT2D eigenvalue weighted by atomic mass is 16.5. The lowest BCUT2D eigenvalue weighted by Gasteiger charge is -2.37. The highest BCUT2D eigenvalue weighted by Crippen LogP contribution is 2.29. The van der Waals surface area contributed by atoms with Gasteiger partial charge in [0.1, 0.15) is 0 Å². The van der Waals surface area contributed by atoms with Crippen LogP contribution in [-0.4, -0.2) is 30.2 Å². The molecule has 0 spiro atoms. The van der Waals surface area contributed by atoms with Crippen LogP contribution in [0.4, 0.5) is 0 Å². The Morgan fingerprint density at radius 3 is 2.56 bits per heavy atom. The summed E-state index contributed by atoms with van der Waals surface area (Å²) in [5.41, 5.74) is 5.85. The van der Waals surface area contributed by atoms with Crippen LogP contribution in [0.2, 0.25) is 0 Å². The number of nitrogens with two attached hydrogens (primary N) is 1. The largest absolute Gasteiger partial charge is 0.379 e. The molecule has 0 aromatic carbocycles. The molecule has 0 aromatic heterocycles. The van der Waals surface area contributed by atoms with Crippen molar-refractivity contribution in [2.24, 2.45) is 5.73 Å². The maximum Gasteiger partial charge on any atom is 0.222 e. The number of carbonyl (C=O) groups is 1. The molecular weight excluding hydrogens is 228 g/mol. The first kappa shape index (κ1) is 13.8. The maximum atomic E-state index is 12.1. The normalized spacial score (nSPS) is 31.9. The van der Waals surface area contributed by atoms with Crippen molar-refractivity contribution in [2.75, 3.05) is 13.2 Å². The molecule has 2 aliphatic rings. The summed E-state index contributed by atoms with van der Waals surface area (Å²) in [5, 5.41) is 3.12. The topological polar surface area (TPSA) is 64.4 Å². The molecule has 4 heteroatoms. The van der Waals surface area contributed by atoms with Crippen LogP contribution in [0.25, 0.3) is 0 Å². The van der Waals surface area contributed by atoms with Crippen molar-refractivity contribution in [3.05, 3.63) is 0 Å². The molecule has 1 aliphatic carbocycles. The molecule has 1 heterocycles. The molecule has 104 valence electrons. The van der Waals surface area contributed by atoms with Crippen LogP contribution in [0.1, 0.15) is 58.3 Å². The van der Waals surface area contributed by atoms with Gasteiger partial charge in [-0.15, -0.1) is 0 Å². The van der Waals surface area contributed by atoms with Gasteiger partial charge in [0.15, 0.2) is 0 Å². The third kappa shape index (κ3) is 3.69. The van der Waals surface area contributed by atoms with Gasteiger partial charge in [0.25, 0.3) is 0 Å². The summed E-state index contributed by atoms with van der Waals surface area (Å²) in [4.78, 5) is 12.1. The van der Waals surface area contributed by atoms with Crippen molar-refractivity contribution in [2.45, 2.75) is 69.4 Å². The number of amides is 1. The number of hydrogen-bond acceptors (Lipinski definition) is 3. The van der Waals surface area contributed by atoms with Gasteiger partial charge < -0.3 is 15.8 Å². The Balaban J connectivity index is 1.83. The van der Waals surface area contributed by atoms with E-state index in [1.807, 2.05) is 0 Å². The van der Waals surface area contributed by atoms with Crippen molar-refractivity contribution in [1.82, 2.24) is 5.32 Å². The first-order valence-electron chi connectivity index (χ1n) is 7.19. The molecule has 1 saturated heterocycles. The van der Waals surface area contributed by atoms with E-state index in [0.29, 0.717) is 13.0 Å². The van der Waals surface area contributed by atoms with Gasteiger partial charge in [-0.3, -0.25) is 4.79 Å². The lowest BCUT2D eigenvalue weighted by atomic mass is 9.80. The van der Waals surface area contributed by atoms with Crippen molar-refractivity contribution in [1.29, 1.82) is 0 Å². The van der Waals surface area contributed by atoms with E-state index in [1.165, 1.54) is 6.42 Å². The number of hydrogen-bond donors (Lipinski definition) is 2. The molecule has 3 N–H and O–H groups in total. The number of rotatable bonds is 3. The van der Waals surface area contributed by atoms with Crippen molar-refractivity contribution >= 4 is 5.91 Å². The van der Waals surface area contributed by atoms with Crippen molar-refractivity contribution in [3.63, 3.8) is 0 Å². The molecule has 18 heavy (non-hydrogen) atoms. The van der Waals surface area contributed by atoms with Gasteiger partial charge in [-0.25, -0.2) is 0 Å². The molecule has 0 radical (unpaired) electrons. The maximum absolute atomic E-state index is 12.1. The molecule has 0 aromatic rings. The Morgan fingerprint density at radius 2 is 1.94 bits per heavy atom. The second-order valence-electron chi connectivity index (χ2n) is 6.36. The van der Waals surface area contributed by atoms with Crippen molar-refractivity contribution < 1.29 is 9.53 Å². The summed E-state index contributed by atoms with van der Waals surface area (Å²) in [5.74, 6) is 0.0902. The summed E-state index contributed by atoms with van der Waals surface area (Å²) in [6.07, 6.45) is 8.01. The van der Waals surface area contributed by atoms with Crippen LogP contribution in [0, 0.1) is 0 Å². The summed E-state index contributed by atoms with van der Waals surface area (Å²) in [6.45, 7) is 3.50. The second kappa shape index (κ2) is 5.57. The van der Waals surface area contributed by atoms with Gasteiger partial charge in [0.2, 0.25) is 5.91 Å². The van der Waals surface area contributed by atoms with Gasteiger partial charge in [0, 0.05) is 18.6 Å². The zero-order chi connectivity index (χ0) is 13.1. The Bertz CT molecular complexity index is 264. The first-order chi connectivity index (χ1) is 8.52. The quantitative estimate of drug-likeness (QED) is 0.806. The predicted molar refractivity (Wildman–Crippen MR) is 71.2 cm³/mol. The lowest BCUT2D eigenvalue weighted by Crippen LogP contribution is -2.54. The molecule has 1 atom stereocenters. The van der Waals surface area contributed by atoms with E-state index in [9.17, 15) is 4.79 Å². The fraction of sp³-hybridized carbons (Fsp3) is 0.929. The van der Waals surface area contributed by atoms with E-state index < -0.39 is 0 Å². The molecule has 4 nitrogen and oxygen atoms in total. The third-order valence-corrected chi connectivity index (χ3v) is 4.24. The zero-order valence-corrected chi connectivity index (χ0v) is 11.5. The minimum absolute atomic E-state index is 0.0902. The summed E-state index contributed by atoms with van der Waals surface area (Å²) in [7, 11) is 0. The fourth-order valence-corrected chi connectivity index (χ4v) is 3.17. The van der Waals surface area contributed by atoms with Crippen LogP contribution in [0.15, 0.2) is 0 Å². The second-order valence-corrected chi connectivity index (χ2v) is 6.36. The van der Waals surface area contributed by atoms with Crippen LogP contribution < -0.4 is 11.1 Å². The minimum atomic E-state index is -0.270. The fourth-order valence-electron chi connectivity index (χ4n) is 3.17. The van der Waals surface area contributed by atoms with Crippen LogP contribution in [-0.2, 0) is 9.53 Å². The highest BCUT2D eigenvalue weighted by Gasteiger charge is 2.34.